The zero-order valence-electron chi connectivity index (χ0n) is 10.5. The molecule has 1 aromatic rings. The zero-order chi connectivity index (χ0) is 14.3. The summed E-state index contributed by atoms with van der Waals surface area (Å²) in [4.78, 5) is 15.6. The lowest BCUT2D eigenvalue weighted by Crippen LogP contribution is -2.67. The van der Waals surface area contributed by atoms with E-state index >= 15 is 0 Å². The minimum atomic E-state index is -1.39. The van der Waals surface area contributed by atoms with E-state index in [4.69, 9.17) is 15.6 Å². The van der Waals surface area contributed by atoms with Crippen molar-refractivity contribution in [2.75, 3.05) is 12.3 Å². The fourth-order valence-corrected chi connectivity index (χ4v) is 4.01. The van der Waals surface area contributed by atoms with Gasteiger partial charge in [-0.05, 0) is 12.5 Å². The van der Waals surface area contributed by atoms with Crippen molar-refractivity contribution in [3.8, 4) is 0 Å². The Morgan fingerprint density at radius 3 is 3.00 bits per heavy atom. The molecule has 2 heterocycles. The van der Waals surface area contributed by atoms with Crippen molar-refractivity contribution in [2.24, 2.45) is 5.92 Å². The molecule has 3 fully saturated rings. The van der Waals surface area contributed by atoms with Gasteiger partial charge in [-0.25, -0.2) is 4.79 Å². The third-order valence-corrected chi connectivity index (χ3v) is 5.00. The van der Waals surface area contributed by atoms with Gasteiger partial charge in [0.15, 0.2) is 0 Å². The van der Waals surface area contributed by atoms with Gasteiger partial charge >= 0.3 is 5.69 Å². The highest BCUT2D eigenvalue weighted by Gasteiger charge is 2.88. The lowest BCUT2D eigenvalue weighted by atomic mass is 9.70. The van der Waals surface area contributed by atoms with Crippen LogP contribution in [0.1, 0.15) is 6.42 Å². The monoisotopic (exact) mass is 281 g/mol. The minimum Gasteiger partial charge on any atom is -0.394 e. The molecule has 4 rings (SSSR count). The van der Waals surface area contributed by atoms with Gasteiger partial charge in [0.2, 0.25) is 0 Å². The lowest BCUT2D eigenvalue weighted by molar-refractivity contribution is -0.178. The van der Waals surface area contributed by atoms with Gasteiger partial charge < -0.3 is 25.8 Å². The fourth-order valence-electron chi connectivity index (χ4n) is 4.01. The second kappa shape index (κ2) is 3.40. The average molecular weight is 281 g/mol. The second-order valence-electron chi connectivity index (χ2n) is 5.82. The summed E-state index contributed by atoms with van der Waals surface area (Å²) in [6.45, 7) is -0.377. The Bertz CT molecular complexity index is 648. The number of nitrogen functional groups attached to an aromatic ring is 1. The van der Waals surface area contributed by atoms with Gasteiger partial charge in [-0.2, -0.15) is 4.98 Å². The molecule has 6 atom stereocenters. The van der Waals surface area contributed by atoms with Crippen LogP contribution in [-0.4, -0.2) is 55.4 Å². The third-order valence-electron chi connectivity index (χ3n) is 5.00. The van der Waals surface area contributed by atoms with Crippen molar-refractivity contribution in [1.29, 1.82) is 0 Å². The van der Waals surface area contributed by atoms with Gasteiger partial charge in [0.25, 0.3) is 0 Å². The third kappa shape index (κ3) is 1.09. The Hall–Kier alpha value is -1.48. The topological polar surface area (TPSA) is 131 Å². The number of nitrogens with zero attached hydrogens (tertiary/aromatic N) is 2. The first-order chi connectivity index (χ1) is 9.46. The van der Waals surface area contributed by atoms with Crippen molar-refractivity contribution >= 4 is 5.82 Å². The molecule has 2 aliphatic carbocycles. The number of aliphatic hydroxyl groups excluding tert-OH is 2. The van der Waals surface area contributed by atoms with E-state index in [1.807, 2.05) is 0 Å². The highest BCUT2D eigenvalue weighted by molar-refractivity contribution is 5.39. The van der Waals surface area contributed by atoms with Crippen LogP contribution in [0.25, 0.3) is 0 Å². The molecule has 5 N–H and O–H groups in total. The Morgan fingerprint density at radius 2 is 2.35 bits per heavy atom. The number of hydrogen-bond acceptors (Lipinski definition) is 7. The van der Waals surface area contributed by atoms with Gasteiger partial charge in [-0.1, -0.05) is 0 Å². The van der Waals surface area contributed by atoms with E-state index in [9.17, 15) is 15.0 Å². The number of rotatable bonds is 2. The molecule has 108 valence electrons. The van der Waals surface area contributed by atoms with E-state index in [2.05, 4.69) is 4.98 Å². The van der Waals surface area contributed by atoms with Crippen molar-refractivity contribution in [2.45, 2.75) is 35.9 Å². The number of anilines is 1. The molecule has 20 heavy (non-hydrogen) atoms. The largest absolute Gasteiger partial charge is 0.394 e. The van der Waals surface area contributed by atoms with E-state index in [1.165, 1.54) is 16.8 Å². The maximum atomic E-state index is 12.0. The molecule has 8 nitrogen and oxygen atoms in total. The number of ether oxygens (including phenoxy) is 1. The Morgan fingerprint density at radius 1 is 1.60 bits per heavy atom. The molecule has 2 saturated carbocycles. The highest BCUT2D eigenvalue weighted by atomic mass is 16.6. The number of nitrogens with two attached hydrogens (primary N) is 1. The first kappa shape index (κ1) is 12.3. The molecule has 0 amide bonds. The van der Waals surface area contributed by atoms with Crippen molar-refractivity contribution in [1.82, 2.24) is 9.55 Å². The van der Waals surface area contributed by atoms with Gasteiger partial charge in [0.1, 0.15) is 29.7 Å². The Balaban J connectivity index is 1.75. The van der Waals surface area contributed by atoms with Crippen LogP contribution >= 0.6 is 0 Å². The maximum Gasteiger partial charge on any atom is 0.350 e. The normalized spacial score (nSPS) is 48.4. The van der Waals surface area contributed by atoms with Crippen LogP contribution < -0.4 is 11.4 Å². The molecular weight excluding hydrogens is 266 g/mol. The predicted molar refractivity (Wildman–Crippen MR) is 65.7 cm³/mol. The maximum absolute atomic E-state index is 12.0. The summed E-state index contributed by atoms with van der Waals surface area (Å²) in [6, 6.07) is 1.51. The first-order valence-electron chi connectivity index (χ1n) is 6.48. The van der Waals surface area contributed by atoms with E-state index in [0.717, 1.165) is 0 Å². The van der Waals surface area contributed by atoms with Crippen molar-refractivity contribution in [3.05, 3.63) is 22.7 Å². The van der Waals surface area contributed by atoms with E-state index < -0.39 is 35.1 Å². The van der Waals surface area contributed by atoms with Crippen LogP contribution in [0.3, 0.4) is 0 Å². The summed E-state index contributed by atoms with van der Waals surface area (Å²) in [6.07, 6.45) is -0.612. The van der Waals surface area contributed by atoms with Gasteiger partial charge in [0, 0.05) is 12.1 Å². The van der Waals surface area contributed by atoms with Gasteiger partial charge in [0.05, 0.1) is 12.1 Å². The molecule has 1 saturated heterocycles. The van der Waals surface area contributed by atoms with Crippen LogP contribution in [0.4, 0.5) is 5.82 Å². The number of aromatic nitrogens is 2. The van der Waals surface area contributed by atoms with Gasteiger partial charge in [-0.15, -0.1) is 0 Å². The number of hydrogen-bond donors (Lipinski definition) is 4. The summed E-state index contributed by atoms with van der Waals surface area (Å²) in [5, 5.41) is 29.8. The van der Waals surface area contributed by atoms with E-state index in [1.54, 1.807) is 0 Å². The van der Waals surface area contributed by atoms with E-state index in [-0.39, 0.29) is 18.3 Å². The molecule has 0 bridgehead atoms. The highest BCUT2D eigenvalue weighted by Crippen LogP contribution is 2.74. The molecule has 0 radical (unpaired) electrons. The second-order valence-corrected chi connectivity index (χ2v) is 5.82. The standard InChI is InChI=1S/C12H15N3O5/c13-7-1-2-15(10(18)14-7)11-3-6(11)12(19)8(17)5(4-16)20-9(11)12/h1-2,5-6,8-9,16-17,19H,3-4H2,(H2,13,14,18)/t5-,6?,8?,9+,11?,12?/m1/s1. The van der Waals surface area contributed by atoms with Crippen LogP contribution in [0, 0.1) is 5.92 Å². The summed E-state index contributed by atoms with van der Waals surface area (Å²) in [5.41, 5.74) is 2.90. The van der Waals surface area contributed by atoms with E-state index in [0.29, 0.717) is 6.42 Å². The van der Waals surface area contributed by atoms with Crippen LogP contribution in [0.5, 0.6) is 0 Å². The lowest BCUT2D eigenvalue weighted by Gasteiger charge is -2.46. The summed E-state index contributed by atoms with van der Waals surface area (Å²) in [7, 11) is 0. The molecule has 1 aliphatic heterocycles. The van der Waals surface area contributed by atoms with Crippen LogP contribution in [0.2, 0.25) is 0 Å². The number of fused-ring (bicyclic) bond motifs is 4. The Kier molecular flexibility index (Phi) is 2.08. The molecule has 3 aliphatic rings. The first-order valence-corrected chi connectivity index (χ1v) is 6.48. The molecule has 8 heteroatoms. The minimum absolute atomic E-state index is 0.134. The average Bonchev–Trinajstić information content (AvgIpc) is 3.04. The molecule has 0 spiro atoms. The Labute approximate surface area is 113 Å². The van der Waals surface area contributed by atoms with Crippen molar-refractivity contribution in [3.63, 3.8) is 0 Å². The zero-order valence-corrected chi connectivity index (χ0v) is 10.5. The molecule has 0 aromatic carbocycles. The summed E-state index contributed by atoms with van der Waals surface area (Å²) < 4.78 is 6.97. The quantitative estimate of drug-likeness (QED) is 0.467. The SMILES string of the molecule is Nc1ccn(C23CC2C2(O)C(O)[C@@H](CO)O[C@H]23)c(=O)n1. The fraction of sp³-hybridized carbons (Fsp3) is 0.667. The van der Waals surface area contributed by atoms with Crippen LogP contribution in [-0.2, 0) is 10.3 Å². The van der Waals surface area contributed by atoms with Crippen molar-refractivity contribution < 1.29 is 20.1 Å². The molecule has 4 unspecified atom stereocenters. The smallest absolute Gasteiger partial charge is 0.350 e. The number of aliphatic hydroxyl groups is 3. The molecule has 1 aromatic heterocycles. The molecular formula is C12H15N3O5. The summed E-state index contributed by atoms with van der Waals surface area (Å²) in [5.74, 6) is -0.135. The van der Waals surface area contributed by atoms with Crippen LogP contribution in [0.15, 0.2) is 17.1 Å². The predicted octanol–water partition coefficient (Wildman–Crippen LogP) is -2.59. The van der Waals surface area contributed by atoms with Gasteiger partial charge in [-0.3, -0.25) is 4.57 Å². The summed E-state index contributed by atoms with van der Waals surface area (Å²) >= 11 is 0.